The van der Waals surface area contributed by atoms with E-state index >= 15 is 0 Å². The summed E-state index contributed by atoms with van der Waals surface area (Å²) in [6.07, 6.45) is 0.794. The van der Waals surface area contributed by atoms with E-state index in [1.54, 1.807) is 0 Å². The van der Waals surface area contributed by atoms with Crippen molar-refractivity contribution in [3.63, 3.8) is 0 Å². The Morgan fingerprint density at radius 3 is 2.36 bits per heavy atom. The highest BCUT2D eigenvalue weighted by Gasteiger charge is 2.61. The van der Waals surface area contributed by atoms with Crippen molar-refractivity contribution in [3.8, 4) is 0 Å². The van der Waals surface area contributed by atoms with Gasteiger partial charge in [-0.15, -0.1) is 0 Å². The molecule has 0 aromatic rings. The lowest BCUT2D eigenvalue weighted by molar-refractivity contribution is -0.153. The molecule has 2 fully saturated rings. The van der Waals surface area contributed by atoms with E-state index in [1.807, 2.05) is 13.8 Å². The van der Waals surface area contributed by atoms with Crippen LogP contribution < -0.4 is 0 Å². The summed E-state index contributed by atoms with van der Waals surface area (Å²) >= 11 is 0. The Morgan fingerprint density at radius 1 is 1.36 bits per heavy atom. The molecule has 2 aliphatic rings. The number of carbonyl (C=O) groups excluding carboxylic acids is 2. The quantitative estimate of drug-likeness (QED) is 0.381. The Morgan fingerprint density at radius 2 is 2.00 bits per heavy atom. The van der Waals surface area contributed by atoms with E-state index in [-0.39, 0.29) is 29.2 Å². The number of fused-ring (bicyclic) bond motifs is 1. The van der Waals surface area contributed by atoms with Gasteiger partial charge in [-0.1, -0.05) is 13.8 Å². The van der Waals surface area contributed by atoms with Gasteiger partial charge < -0.3 is 4.74 Å². The molecule has 11 heavy (non-hydrogen) atoms. The normalized spacial score (nSPS) is 39.5. The number of carbonyl (C=O) groups is 2. The Labute approximate surface area is 64.7 Å². The van der Waals surface area contributed by atoms with Crippen molar-refractivity contribution >= 4 is 11.9 Å². The summed E-state index contributed by atoms with van der Waals surface area (Å²) < 4.78 is 4.51. The highest BCUT2D eigenvalue weighted by molar-refractivity contribution is 5.98. The summed E-state index contributed by atoms with van der Waals surface area (Å²) in [5.41, 5.74) is -0.0199. The van der Waals surface area contributed by atoms with Gasteiger partial charge in [-0.05, 0) is 11.8 Å². The lowest BCUT2D eigenvalue weighted by atomic mass is 9.57. The van der Waals surface area contributed by atoms with Crippen LogP contribution in [-0.4, -0.2) is 11.9 Å². The second-order valence-electron chi connectivity index (χ2n) is 4.02. The molecule has 2 atom stereocenters. The van der Waals surface area contributed by atoms with Crippen molar-refractivity contribution in [3.05, 3.63) is 0 Å². The van der Waals surface area contributed by atoms with E-state index in [4.69, 9.17) is 0 Å². The molecule has 0 aromatic heterocycles. The second-order valence-corrected chi connectivity index (χ2v) is 4.02. The molecule has 1 heterocycles. The van der Waals surface area contributed by atoms with Crippen molar-refractivity contribution in [1.29, 1.82) is 0 Å². The van der Waals surface area contributed by atoms with E-state index in [2.05, 4.69) is 4.74 Å². The first kappa shape index (κ1) is 6.83. The lowest BCUT2D eigenvalue weighted by Crippen LogP contribution is -2.45. The fourth-order valence-corrected chi connectivity index (χ4v) is 2.14. The summed E-state index contributed by atoms with van der Waals surface area (Å²) in [7, 11) is 0. The number of cyclic esters (lactones) is 2. The number of hydrogen-bond donors (Lipinski definition) is 0. The monoisotopic (exact) mass is 154 g/mol. The van der Waals surface area contributed by atoms with E-state index in [0.29, 0.717) is 0 Å². The van der Waals surface area contributed by atoms with Gasteiger partial charge in [0.2, 0.25) is 0 Å². The molecule has 1 aliphatic heterocycles. The second kappa shape index (κ2) is 1.65. The summed E-state index contributed by atoms with van der Waals surface area (Å²) in [6, 6.07) is 0. The van der Waals surface area contributed by atoms with Crippen molar-refractivity contribution in [2.75, 3.05) is 0 Å². The summed E-state index contributed by atoms with van der Waals surface area (Å²) in [4.78, 5) is 21.9. The smallest absolute Gasteiger partial charge is 0.318 e. The fraction of sp³-hybridized carbons (Fsp3) is 0.750. The van der Waals surface area contributed by atoms with E-state index in [1.165, 1.54) is 0 Å². The molecule has 0 bridgehead atoms. The van der Waals surface area contributed by atoms with Gasteiger partial charge in [0, 0.05) is 0 Å². The molecule has 1 saturated heterocycles. The maximum atomic E-state index is 11.0. The van der Waals surface area contributed by atoms with Crippen LogP contribution in [-0.2, 0) is 14.3 Å². The van der Waals surface area contributed by atoms with Crippen LogP contribution in [0.1, 0.15) is 20.3 Å². The SMILES string of the molecule is CC1(C)C[C@H]2C(=O)OC(=O)[C@H]21. The molecule has 1 aliphatic carbocycles. The minimum Gasteiger partial charge on any atom is -0.393 e. The summed E-state index contributed by atoms with van der Waals surface area (Å²) in [5, 5.41) is 0. The molecule has 0 spiro atoms. The zero-order valence-corrected chi connectivity index (χ0v) is 6.59. The largest absolute Gasteiger partial charge is 0.393 e. The third-order valence-corrected chi connectivity index (χ3v) is 2.75. The topological polar surface area (TPSA) is 43.4 Å². The number of esters is 2. The minimum absolute atomic E-state index is 0.0199. The highest BCUT2D eigenvalue weighted by Crippen LogP contribution is 2.54. The number of rotatable bonds is 0. The third kappa shape index (κ3) is 0.682. The van der Waals surface area contributed by atoms with Gasteiger partial charge in [0.05, 0.1) is 11.8 Å². The standard InChI is InChI=1S/C8H10O3/c1-8(2)3-4-5(8)7(10)11-6(4)9/h4-5H,3H2,1-2H3/t4-,5+/m1/s1. The van der Waals surface area contributed by atoms with Crippen LogP contribution in [0.3, 0.4) is 0 Å². The van der Waals surface area contributed by atoms with Crippen LogP contribution in [0.25, 0.3) is 0 Å². The Balaban J connectivity index is 2.28. The van der Waals surface area contributed by atoms with Crippen molar-refractivity contribution in [2.24, 2.45) is 17.3 Å². The summed E-state index contributed by atoms with van der Waals surface area (Å²) in [5.74, 6) is -0.928. The van der Waals surface area contributed by atoms with Crippen LogP contribution in [0.15, 0.2) is 0 Å². The maximum Gasteiger partial charge on any atom is 0.318 e. The minimum atomic E-state index is -0.323. The molecule has 2 rings (SSSR count). The predicted molar refractivity (Wildman–Crippen MR) is 36.5 cm³/mol. The third-order valence-electron chi connectivity index (χ3n) is 2.75. The van der Waals surface area contributed by atoms with Crippen LogP contribution in [0, 0.1) is 17.3 Å². The first-order valence-corrected chi connectivity index (χ1v) is 3.78. The first-order chi connectivity index (χ1) is 5.02. The van der Waals surface area contributed by atoms with Crippen LogP contribution in [0.5, 0.6) is 0 Å². The average Bonchev–Trinajstić information content (AvgIpc) is 2.03. The van der Waals surface area contributed by atoms with Crippen molar-refractivity contribution in [1.82, 2.24) is 0 Å². The average molecular weight is 154 g/mol. The predicted octanol–water partition coefficient (Wildman–Crippen LogP) is 0.732. The molecule has 3 nitrogen and oxygen atoms in total. The fourth-order valence-electron chi connectivity index (χ4n) is 2.14. The highest BCUT2D eigenvalue weighted by atomic mass is 16.6. The molecule has 0 unspecified atom stereocenters. The lowest BCUT2D eigenvalue weighted by Gasteiger charge is -2.42. The van der Waals surface area contributed by atoms with Gasteiger partial charge in [0.1, 0.15) is 0 Å². The van der Waals surface area contributed by atoms with E-state index in [0.717, 1.165) is 6.42 Å². The zero-order valence-electron chi connectivity index (χ0n) is 6.59. The molecular weight excluding hydrogens is 144 g/mol. The van der Waals surface area contributed by atoms with Gasteiger partial charge in [0.25, 0.3) is 0 Å². The molecule has 0 radical (unpaired) electrons. The molecular formula is C8H10O3. The van der Waals surface area contributed by atoms with Gasteiger partial charge >= 0.3 is 11.9 Å². The molecule has 0 aromatic carbocycles. The van der Waals surface area contributed by atoms with Gasteiger partial charge in [-0.3, -0.25) is 9.59 Å². The maximum absolute atomic E-state index is 11.0. The number of ether oxygens (including phenoxy) is 1. The first-order valence-electron chi connectivity index (χ1n) is 3.78. The van der Waals surface area contributed by atoms with Crippen LogP contribution in [0.2, 0.25) is 0 Å². The molecule has 60 valence electrons. The zero-order chi connectivity index (χ0) is 8.22. The Hall–Kier alpha value is -0.860. The molecule has 3 heteroatoms. The summed E-state index contributed by atoms with van der Waals surface area (Å²) in [6.45, 7) is 3.99. The molecule has 0 amide bonds. The van der Waals surface area contributed by atoms with Gasteiger partial charge in [-0.2, -0.15) is 0 Å². The van der Waals surface area contributed by atoms with E-state index < -0.39 is 0 Å². The van der Waals surface area contributed by atoms with Crippen LogP contribution in [0.4, 0.5) is 0 Å². The Kier molecular flexibility index (Phi) is 1.03. The molecule has 1 saturated carbocycles. The van der Waals surface area contributed by atoms with E-state index in [9.17, 15) is 9.59 Å². The Bertz CT molecular complexity index is 242. The molecule has 0 N–H and O–H groups in total. The van der Waals surface area contributed by atoms with Crippen LogP contribution >= 0.6 is 0 Å². The number of hydrogen-bond acceptors (Lipinski definition) is 3. The van der Waals surface area contributed by atoms with Gasteiger partial charge in [0.15, 0.2) is 0 Å². The van der Waals surface area contributed by atoms with Gasteiger partial charge in [-0.25, -0.2) is 0 Å². The van der Waals surface area contributed by atoms with Crippen molar-refractivity contribution < 1.29 is 14.3 Å². The van der Waals surface area contributed by atoms with Crippen molar-refractivity contribution in [2.45, 2.75) is 20.3 Å².